The number of carbonyl (C=O) groups is 1. The summed E-state index contributed by atoms with van der Waals surface area (Å²) in [6.45, 7) is 1.73. The van der Waals surface area contributed by atoms with E-state index in [4.69, 9.17) is 0 Å². The van der Waals surface area contributed by atoms with Gasteiger partial charge in [0, 0.05) is 17.1 Å². The molecule has 6 rings (SSSR count). The zero-order valence-corrected chi connectivity index (χ0v) is 21.2. The first-order valence-corrected chi connectivity index (χ1v) is 12.8. The Kier molecular flexibility index (Phi) is 6.30. The summed E-state index contributed by atoms with van der Waals surface area (Å²) in [5, 5.41) is 13.2. The van der Waals surface area contributed by atoms with Crippen LogP contribution < -0.4 is 0 Å². The van der Waals surface area contributed by atoms with Crippen LogP contribution in [0.4, 0.5) is 17.6 Å². The van der Waals surface area contributed by atoms with Crippen molar-refractivity contribution in [2.75, 3.05) is 20.1 Å². The Balaban J connectivity index is 1.53. The Hall–Kier alpha value is -3.91. The number of carbonyl (C=O) groups excluding carboxylic acids is 1. The minimum absolute atomic E-state index is 0.0210. The van der Waals surface area contributed by atoms with Crippen LogP contribution >= 0.6 is 11.8 Å². The summed E-state index contributed by atoms with van der Waals surface area (Å²) in [5.41, 5.74) is 0.0116. The molecule has 0 spiro atoms. The first-order chi connectivity index (χ1) is 18.7. The van der Waals surface area contributed by atoms with Crippen molar-refractivity contribution in [2.45, 2.75) is 35.2 Å². The maximum Gasteiger partial charge on any atom is 0.416 e. The van der Waals surface area contributed by atoms with Crippen LogP contribution in [-0.2, 0) is 6.18 Å². The molecule has 9 nitrogen and oxygen atoms in total. The van der Waals surface area contributed by atoms with E-state index in [1.165, 1.54) is 35.0 Å². The molecule has 0 amide bonds. The third kappa shape index (κ3) is 4.74. The minimum atomic E-state index is -4.56. The van der Waals surface area contributed by atoms with Gasteiger partial charge >= 0.3 is 6.18 Å². The second-order valence-electron chi connectivity index (χ2n) is 9.33. The normalized spacial score (nSPS) is 15.4. The Morgan fingerprint density at radius 3 is 2.59 bits per heavy atom. The number of nitrogens with zero attached hydrogens (tertiary/aromatic N) is 8. The van der Waals surface area contributed by atoms with Crippen molar-refractivity contribution < 1.29 is 22.4 Å². The highest BCUT2D eigenvalue weighted by molar-refractivity contribution is 7.99. The molecule has 5 aromatic rings. The number of likely N-dealkylation sites (tertiary alicyclic amines) is 1. The number of tetrazole rings is 1. The van der Waals surface area contributed by atoms with Crippen molar-refractivity contribution in [3.63, 3.8) is 0 Å². The van der Waals surface area contributed by atoms with Crippen LogP contribution in [0, 0.1) is 5.82 Å². The third-order valence-corrected chi connectivity index (χ3v) is 7.70. The monoisotopic (exact) mass is 556 g/mol. The number of fused-ring (bicyclic) bond motifs is 2. The molecule has 14 heteroatoms. The molecule has 0 saturated carbocycles. The number of hydrogen-bond donors (Lipinski definition) is 0. The summed E-state index contributed by atoms with van der Waals surface area (Å²) in [6, 6.07) is 7.13. The van der Waals surface area contributed by atoms with Crippen LogP contribution in [0.3, 0.4) is 0 Å². The average molecular weight is 557 g/mol. The fraction of sp³-hybridized carbons (Fsp3) is 0.280. The van der Waals surface area contributed by atoms with Crippen LogP contribution in [0.1, 0.15) is 34.8 Å². The molecule has 0 atom stereocenters. The van der Waals surface area contributed by atoms with Crippen LogP contribution in [0.5, 0.6) is 0 Å². The number of aromatic nitrogens is 7. The van der Waals surface area contributed by atoms with Crippen LogP contribution in [0.15, 0.2) is 52.8 Å². The van der Waals surface area contributed by atoms with Crippen molar-refractivity contribution >= 4 is 40.0 Å². The van der Waals surface area contributed by atoms with Gasteiger partial charge in [-0.3, -0.25) is 9.36 Å². The maximum absolute atomic E-state index is 14.3. The van der Waals surface area contributed by atoms with Gasteiger partial charge in [0.05, 0.1) is 28.2 Å². The van der Waals surface area contributed by atoms with Gasteiger partial charge in [-0.2, -0.15) is 13.2 Å². The zero-order chi connectivity index (χ0) is 27.3. The van der Waals surface area contributed by atoms with Gasteiger partial charge < -0.3 is 4.90 Å². The second kappa shape index (κ2) is 9.68. The molecule has 4 heterocycles. The molecule has 39 heavy (non-hydrogen) atoms. The SMILES string of the molecule is CN1CCC(n2nnnc2Sc2nc3cc(C(F)(F)F)ccc3nc2-n2cc(C=O)c3ccc(F)cc32)CC1. The van der Waals surface area contributed by atoms with E-state index in [1.807, 2.05) is 7.05 Å². The zero-order valence-electron chi connectivity index (χ0n) is 20.4. The van der Waals surface area contributed by atoms with Gasteiger partial charge in [-0.25, -0.2) is 19.0 Å². The maximum atomic E-state index is 14.3. The first-order valence-electron chi connectivity index (χ1n) is 12.0. The standard InChI is InChI=1S/C25H20F4N8OS/c1-35-8-6-17(7-9-35)37-24(32-33-34-37)39-23-22(30-19-5-2-15(25(27,28)29)10-20(19)31-23)36-12-14(13-38)18-4-3-16(26)11-21(18)36/h2-5,10-13,17H,6-9H2,1H3. The smallest absolute Gasteiger partial charge is 0.306 e. The van der Waals surface area contributed by atoms with Crippen molar-refractivity contribution in [2.24, 2.45) is 0 Å². The van der Waals surface area contributed by atoms with E-state index in [-0.39, 0.29) is 27.9 Å². The van der Waals surface area contributed by atoms with Crippen LogP contribution in [-0.4, -0.2) is 66.1 Å². The summed E-state index contributed by atoms with van der Waals surface area (Å²) in [6.07, 6.45) is -0.766. The first kappa shape index (κ1) is 25.4. The topological polar surface area (TPSA) is 94.6 Å². The molecule has 0 N–H and O–H groups in total. The molecule has 1 aliphatic heterocycles. The number of alkyl halides is 3. The van der Waals surface area contributed by atoms with Crippen molar-refractivity contribution in [1.82, 2.24) is 39.6 Å². The molecule has 0 unspecified atom stereocenters. The number of halogens is 4. The Bertz CT molecular complexity index is 1710. The van der Waals surface area contributed by atoms with E-state index in [1.54, 1.807) is 4.68 Å². The fourth-order valence-corrected chi connectivity index (χ4v) is 5.64. The lowest BCUT2D eigenvalue weighted by atomic mass is 10.1. The van der Waals surface area contributed by atoms with E-state index >= 15 is 0 Å². The number of benzene rings is 2. The van der Waals surface area contributed by atoms with Crippen molar-refractivity contribution in [1.29, 1.82) is 0 Å². The van der Waals surface area contributed by atoms with Gasteiger partial charge in [0.2, 0.25) is 5.16 Å². The van der Waals surface area contributed by atoms with E-state index in [0.717, 1.165) is 49.8 Å². The number of rotatable bonds is 5. The third-order valence-electron chi connectivity index (χ3n) is 6.78. The molecular formula is C25H20F4N8OS. The molecule has 0 bridgehead atoms. The average Bonchev–Trinajstić information content (AvgIpc) is 3.52. The van der Waals surface area contributed by atoms with Crippen LogP contribution in [0.25, 0.3) is 27.8 Å². The fourth-order valence-electron chi connectivity index (χ4n) is 4.73. The molecule has 0 radical (unpaired) electrons. The lowest BCUT2D eigenvalue weighted by molar-refractivity contribution is -0.137. The lowest BCUT2D eigenvalue weighted by Crippen LogP contribution is -2.32. The van der Waals surface area contributed by atoms with Crippen molar-refractivity contribution in [3.8, 4) is 5.82 Å². The van der Waals surface area contributed by atoms with Crippen molar-refractivity contribution in [3.05, 3.63) is 59.5 Å². The molecule has 0 aliphatic carbocycles. The largest absolute Gasteiger partial charge is 0.416 e. The number of piperidine rings is 1. The van der Waals surface area contributed by atoms with Gasteiger partial charge in [-0.1, -0.05) is 0 Å². The molecule has 200 valence electrons. The van der Waals surface area contributed by atoms with Gasteiger partial charge in [-0.05, 0) is 91.6 Å². The Morgan fingerprint density at radius 1 is 1.05 bits per heavy atom. The quantitative estimate of drug-likeness (QED) is 0.222. The van der Waals surface area contributed by atoms with Crippen LogP contribution in [0.2, 0.25) is 0 Å². The van der Waals surface area contributed by atoms with Gasteiger partial charge in [0.15, 0.2) is 12.1 Å². The Labute approximate surface area is 222 Å². The molecular weight excluding hydrogens is 536 g/mol. The summed E-state index contributed by atoms with van der Waals surface area (Å²) in [5.74, 6) is -0.322. The molecule has 3 aromatic heterocycles. The summed E-state index contributed by atoms with van der Waals surface area (Å²) < 4.78 is 57.8. The highest BCUT2D eigenvalue weighted by Gasteiger charge is 2.31. The molecule has 1 aliphatic rings. The highest BCUT2D eigenvalue weighted by atomic mass is 32.2. The van der Waals surface area contributed by atoms with Gasteiger partial charge in [-0.15, -0.1) is 5.10 Å². The number of aldehydes is 1. The second-order valence-corrected chi connectivity index (χ2v) is 10.3. The van der Waals surface area contributed by atoms with E-state index in [0.29, 0.717) is 27.9 Å². The predicted octanol–water partition coefficient (Wildman–Crippen LogP) is 4.95. The van der Waals surface area contributed by atoms with Gasteiger partial charge in [0.25, 0.3) is 0 Å². The van der Waals surface area contributed by atoms with Gasteiger partial charge in [0.1, 0.15) is 10.8 Å². The number of hydrogen-bond acceptors (Lipinski definition) is 8. The summed E-state index contributed by atoms with van der Waals surface area (Å²) >= 11 is 1.05. The predicted molar refractivity (Wildman–Crippen MR) is 134 cm³/mol. The van der Waals surface area contributed by atoms with E-state index in [2.05, 4.69) is 30.4 Å². The molecule has 1 fully saturated rings. The van der Waals surface area contributed by atoms with E-state index < -0.39 is 17.6 Å². The lowest BCUT2D eigenvalue weighted by Gasteiger charge is -2.28. The molecule has 2 aromatic carbocycles. The minimum Gasteiger partial charge on any atom is -0.306 e. The summed E-state index contributed by atoms with van der Waals surface area (Å²) in [4.78, 5) is 23.2. The Morgan fingerprint density at radius 2 is 1.85 bits per heavy atom. The van der Waals surface area contributed by atoms with E-state index in [9.17, 15) is 22.4 Å². The molecule has 1 saturated heterocycles. The summed E-state index contributed by atoms with van der Waals surface area (Å²) in [7, 11) is 2.04. The highest BCUT2D eigenvalue weighted by Crippen LogP contribution is 2.37.